The van der Waals surface area contributed by atoms with Crippen LogP contribution in [-0.4, -0.2) is 32.7 Å². The molecule has 0 aliphatic heterocycles. The fraction of sp³-hybridized carbons (Fsp3) is 0.357. The predicted molar refractivity (Wildman–Crippen MR) is 82.2 cm³/mol. The van der Waals surface area contributed by atoms with Crippen LogP contribution >= 0.6 is 15.9 Å². The summed E-state index contributed by atoms with van der Waals surface area (Å²) in [6.07, 6.45) is 2.35. The van der Waals surface area contributed by atoms with Crippen molar-refractivity contribution in [2.75, 3.05) is 26.8 Å². The second-order valence-corrected chi connectivity index (χ2v) is 4.88. The maximum absolute atomic E-state index is 11.5. The van der Waals surface area contributed by atoms with Gasteiger partial charge in [-0.1, -0.05) is 6.08 Å². The average molecular weight is 343 g/mol. The van der Waals surface area contributed by atoms with Gasteiger partial charge in [-0.05, 0) is 46.6 Å². The molecule has 110 valence electrons. The van der Waals surface area contributed by atoms with Gasteiger partial charge < -0.3 is 20.5 Å². The Morgan fingerprint density at radius 1 is 1.55 bits per heavy atom. The predicted octanol–water partition coefficient (Wildman–Crippen LogP) is 1.64. The molecule has 0 saturated carbocycles. The number of ether oxygens (including phenoxy) is 2. The van der Waals surface area contributed by atoms with Gasteiger partial charge in [0.25, 0.3) is 5.91 Å². The topological polar surface area (TPSA) is 73.6 Å². The van der Waals surface area contributed by atoms with E-state index in [1.807, 2.05) is 12.1 Å². The van der Waals surface area contributed by atoms with Gasteiger partial charge in [0.2, 0.25) is 0 Å². The maximum atomic E-state index is 11.5. The highest BCUT2D eigenvalue weighted by molar-refractivity contribution is 9.10. The van der Waals surface area contributed by atoms with Crippen molar-refractivity contribution < 1.29 is 14.3 Å². The summed E-state index contributed by atoms with van der Waals surface area (Å²) in [5.41, 5.74) is 6.58. The number of carbonyl (C=O) groups excluding carboxylic acids is 1. The van der Waals surface area contributed by atoms with E-state index in [1.54, 1.807) is 13.2 Å². The van der Waals surface area contributed by atoms with E-state index >= 15 is 0 Å². The highest BCUT2D eigenvalue weighted by atomic mass is 79.9. The molecule has 0 saturated heterocycles. The Morgan fingerprint density at radius 3 is 2.90 bits per heavy atom. The van der Waals surface area contributed by atoms with Gasteiger partial charge >= 0.3 is 0 Å². The Balaban J connectivity index is 2.78. The first-order chi connectivity index (χ1) is 9.62. The van der Waals surface area contributed by atoms with Gasteiger partial charge in [-0.3, -0.25) is 4.79 Å². The van der Waals surface area contributed by atoms with Crippen LogP contribution in [0.1, 0.15) is 5.56 Å². The molecule has 0 spiro atoms. The van der Waals surface area contributed by atoms with Gasteiger partial charge in [0.1, 0.15) is 0 Å². The van der Waals surface area contributed by atoms with Crippen LogP contribution in [0.2, 0.25) is 0 Å². The second kappa shape index (κ2) is 8.60. The lowest BCUT2D eigenvalue weighted by atomic mass is 10.1. The molecule has 0 fully saturated rings. The first-order valence-corrected chi connectivity index (χ1v) is 6.98. The first-order valence-electron chi connectivity index (χ1n) is 6.19. The van der Waals surface area contributed by atoms with Crippen molar-refractivity contribution in [3.05, 3.63) is 34.8 Å². The first kappa shape index (κ1) is 16.5. The number of nitrogens with one attached hydrogen (secondary N) is 1. The highest BCUT2D eigenvalue weighted by Crippen LogP contribution is 2.36. The summed E-state index contributed by atoms with van der Waals surface area (Å²) in [7, 11) is 1.55. The van der Waals surface area contributed by atoms with Gasteiger partial charge in [0.15, 0.2) is 18.1 Å². The van der Waals surface area contributed by atoms with Crippen molar-refractivity contribution in [1.82, 2.24) is 5.32 Å². The number of hydrogen-bond donors (Lipinski definition) is 2. The number of hydrogen-bond acceptors (Lipinski definition) is 4. The molecule has 5 nitrogen and oxygen atoms in total. The summed E-state index contributed by atoms with van der Waals surface area (Å²) in [6, 6.07) is 3.76. The van der Waals surface area contributed by atoms with E-state index < -0.39 is 0 Å². The smallest absolute Gasteiger partial charge is 0.258 e. The van der Waals surface area contributed by atoms with Crippen molar-refractivity contribution in [3.8, 4) is 11.5 Å². The second-order valence-electron chi connectivity index (χ2n) is 4.03. The Morgan fingerprint density at radius 2 is 2.30 bits per heavy atom. The normalized spacial score (nSPS) is 9.95. The molecule has 0 aliphatic carbocycles. The van der Waals surface area contributed by atoms with Gasteiger partial charge in [0.05, 0.1) is 11.6 Å². The lowest BCUT2D eigenvalue weighted by Gasteiger charge is -2.14. The van der Waals surface area contributed by atoms with Gasteiger partial charge in [0, 0.05) is 6.54 Å². The van der Waals surface area contributed by atoms with Crippen LogP contribution < -0.4 is 20.5 Å². The van der Waals surface area contributed by atoms with Crippen LogP contribution in [-0.2, 0) is 11.2 Å². The van der Waals surface area contributed by atoms with E-state index in [4.69, 9.17) is 15.2 Å². The number of carbonyl (C=O) groups is 1. The zero-order valence-electron chi connectivity index (χ0n) is 11.4. The number of methoxy groups -OCH3 is 1. The van der Waals surface area contributed by atoms with E-state index in [0.717, 1.165) is 16.5 Å². The molecule has 1 rings (SSSR count). The maximum Gasteiger partial charge on any atom is 0.258 e. The fourth-order valence-corrected chi connectivity index (χ4v) is 2.20. The van der Waals surface area contributed by atoms with E-state index in [9.17, 15) is 4.79 Å². The molecule has 0 aliphatic rings. The van der Waals surface area contributed by atoms with E-state index in [2.05, 4.69) is 27.8 Å². The minimum atomic E-state index is -0.218. The SMILES string of the molecule is C=CCNC(=O)COc1c(Br)cc(CCN)cc1OC. The Bertz CT molecular complexity index is 478. The molecule has 1 aromatic carbocycles. The van der Waals surface area contributed by atoms with Gasteiger partial charge in [-0.2, -0.15) is 0 Å². The molecule has 0 heterocycles. The van der Waals surface area contributed by atoms with Crippen molar-refractivity contribution >= 4 is 21.8 Å². The summed E-state index contributed by atoms with van der Waals surface area (Å²) in [4.78, 5) is 11.5. The molecule has 0 unspecified atom stereocenters. The molecule has 0 aromatic heterocycles. The number of halogens is 1. The average Bonchev–Trinajstić information content (AvgIpc) is 2.43. The summed E-state index contributed by atoms with van der Waals surface area (Å²) in [5, 5.41) is 2.64. The van der Waals surface area contributed by atoms with Crippen molar-refractivity contribution in [2.45, 2.75) is 6.42 Å². The summed E-state index contributed by atoms with van der Waals surface area (Å²) < 4.78 is 11.5. The summed E-state index contributed by atoms with van der Waals surface area (Å²) in [6.45, 7) is 4.41. The van der Waals surface area contributed by atoms with Crippen molar-refractivity contribution in [2.24, 2.45) is 5.73 Å². The van der Waals surface area contributed by atoms with Crippen molar-refractivity contribution in [3.63, 3.8) is 0 Å². The summed E-state index contributed by atoms with van der Waals surface area (Å²) in [5.74, 6) is 0.853. The van der Waals surface area contributed by atoms with Crippen LogP contribution in [0.4, 0.5) is 0 Å². The molecule has 20 heavy (non-hydrogen) atoms. The van der Waals surface area contributed by atoms with Crippen LogP contribution in [0.25, 0.3) is 0 Å². The Hall–Kier alpha value is -1.53. The van der Waals surface area contributed by atoms with Crippen LogP contribution in [0.5, 0.6) is 11.5 Å². The standard InChI is InChI=1S/C14H19BrN2O3/c1-3-6-17-13(18)9-20-14-11(15)7-10(4-5-16)8-12(14)19-2/h3,7-8H,1,4-6,9,16H2,2H3,(H,17,18). The van der Waals surface area contributed by atoms with Gasteiger partial charge in [-0.15, -0.1) is 6.58 Å². The quantitative estimate of drug-likeness (QED) is 0.704. The fourth-order valence-electron chi connectivity index (χ4n) is 1.60. The molecular formula is C14H19BrN2O3. The summed E-state index contributed by atoms with van der Waals surface area (Å²) >= 11 is 3.42. The van der Waals surface area contributed by atoms with E-state index in [0.29, 0.717) is 24.6 Å². The van der Waals surface area contributed by atoms with Crippen LogP contribution in [0, 0.1) is 0 Å². The Labute approximate surface area is 127 Å². The van der Waals surface area contributed by atoms with Crippen molar-refractivity contribution in [1.29, 1.82) is 0 Å². The largest absolute Gasteiger partial charge is 0.493 e. The lowest BCUT2D eigenvalue weighted by molar-refractivity contribution is -0.122. The third-order valence-corrected chi connectivity index (χ3v) is 3.10. The Kier molecular flexibility index (Phi) is 7.11. The van der Waals surface area contributed by atoms with E-state index in [-0.39, 0.29) is 12.5 Å². The third-order valence-electron chi connectivity index (χ3n) is 2.51. The molecule has 0 bridgehead atoms. The molecular weight excluding hydrogens is 324 g/mol. The molecule has 3 N–H and O–H groups in total. The van der Waals surface area contributed by atoms with Crippen LogP contribution in [0.3, 0.4) is 0 Å². The highest BCUT2D eigenvalue weighted by Gasteiger charge is 2.13. The monoisotopic (exact) mass is 342 g/mol. The minimum Gasteiger partial charge on any atom is -0.493 e. The van der Waals surface area contributed by atoms with Gasteiger partial charge in [-0.25, -0.2) is 0 Å². The zero-order chi connectivity index (χ0) is 15.0. The number of nitrogens with two attached hydrogens (primary N) is 1. The number of rotatable bonds is 8. The number of amides is 1. The minimum absolute atomic E-state index is 0.0843. The third kappa shape index (κ3) is 4.86. The molecule has 0 radical (unpaired) electrons. The van der Waals surface area contributed by atoms with Crippen LogP contribution in [0.15, 0.2) is 29.3 Å². The van der Waals surface area contributed by atoms with E-state index in [1.165, 1.54) is 0 Å². The molecule has 1 aromatic rings. The zero-order valence-corrected chi connectivity index (χ0v) is 13.0. The lowest BCUT2D eigenvalue weighted by Crippen LogP contribution is -2.28. The molecule has 0 atom stereocenters. The number of benzene rings is 1. The molecule has 6 heteroatoms. The molecule has 1 amide bonds.